The maximum absolute atomic E-state index is 13.9. The number of nitro groups is 1. The van der Waals surface area contributed by atoms with Crippen molar-refractivity contribution in [2.75, 3.05) is 62.8 Å². The molecule has 11 nitrogen and oxygen atoms in total. The van der Waals surface area contributed by atoms with Gasteiger partial charge in [-0.25, -0.2) is 13.1 Å². The Hall–Kier alpha value is -5.73. The van der Waals surface area contributed by atoms with Crippen LogP contribution in [0.1, 0.15) is 22.3 Å². The molecule has 1 aliphatic rings. The van der Waals surface area contributed by atoms with E-state index in [2.05, 4.69) is 86.6 Å². The molecule has 0 bridgehead atoms. The lowest BCUT2D eigenvalue weighted by Crippen LogP contribution is -2.46. The molecule has 6 aromatic rings. The lowest BCUT2D eigenvalue weighted by Gasteiger charge is -2.36. The van der Waals surface area contributed by atoms with E-state index in [0.717, 1.165) is 43.3 Å². The molecule has 0 saturated carbocycles. The Bertz CT molecular complexity index is 2500. The topological polar surface area (TPSA) is 128 Å². The van der Waals surface area contributed by atoms with E-state index in [1.807, 2.05) is 61.5 Å². The fourth-order valence-corrected chi connectivity index (χ4v) is 9.57. The van der Waals surface area contributed by atoms with Gasteiger partial charge < -0.3 is 15.1 Å². The molecular weight excluding hydrogens is 781 g/mol. The molecule has 7 rings (SSSR count). The van der Waals surface area contributed by atoms with Gasteiger partial charge in [0.25, 0.3) is 21.6 Å². The first-order valence-corrected chi connectivity index (χ1v) is 22.1. The van der Waals surface area contributed by atoms with Crippen molar-refractivity contribution in [1.82, 2.24) is 14.5 Å². The van der Waals surface area contributed by atoms with Crippen LogP contribution in [0.4, 0.5) is 17.1 Å². The van der Waals surface area contributed by atoms with Crippen molar-refractivity contribution in [3.63, 3.8) is 0 Å². The van der Waals surface area contributed by atoms with Gasteiger partial charge in [-0.1, -0.05) is 91.0 Å². The second-order valence-corrected chi connectivity index (χ2v) is 17.6. The highest BCUT2D eigenvalue weighted by Gasteiger charge is 2.30. The van der Waals surface area contributed by atoms with Crippen molar-refractivity contribution in [1.29, 1.82) is 0 Å². The summed E-state index contributed by atoms with van der Waals surface area (Å²) in [5.41, 5.74) is 4.30. The lowest BCUT2D eigenvalue weighted by atomic mass is 9.94. The number of amides is 1. The van der Waals surface area contributed by atoms with Gasteiger partial charge in [0.05, 0.1) is 4.92 Å². The third kappa shape index (κ3) is 10.3. The van der Waals surface area contributed by atoms with Crippen LogP contribution in [-0.4, -0.2) is 87.7 Å². The number of thioether (sulfide) groups is 1. The number of anilines is 2. The summed E-state index contributed by atoms with van der Waals surface area (Å²) in [6, 6.07) is 43.7. The molecule has 1 fully saturated rings. The van der Waals surface area contributed by atoms with Gasteiger partial charge in [-0.05, 0) is 97.0 Å². The Morgan fingerprint density at radius 3 is 2.20 bits per heavy atom. The van der Waals surface area contributed by atoms with Gasteiger partial charge in [0.15, 0.2) is 0 Å². The maximum Gasteiger partial charge on any atom is 0.293 e. The summed E-state index contributed by atoms with van der Waals surface area (Å²) in [5, 5.41) is 17.9. The van der Waals surface area contributed by atoms with Crippen LogP contribution >= 0.6 is 11.8 Å². The molecule has 304 valence electrons. The van der Waals surface area contributed by atoms with Gasteiger partial charge in [0.1, 0.15) is 10.6 Å². The van der Waals surface area contributed by atoms with E-state index < -0.39 is 26.5 Å². The first-order chi connectivity index (χ1) is 28.6. The molecule has 2 N–H and O–H groups in total. The smallest absolute Gasteiger partial charge is 0.293 e. The molecule has 1 saturated heterocycles. The normalized spacial score (nSPS) is 14.0. The highest BCUT2D eigenvalue weighted by Crippen LogP contribution is 2.35. The van der Waals surface area contributed by atoms with Crippen molar-refractivity contribution in [3.8, 4) is 11.1 Å². The zero-order valence-corrected chi connectivity index (χ0v) is 34.8. The molecule has 0 aliphatic carbocycles. The van der Waals surface area contributed by atoms with Crippen LogP contribution in [0.5, 0.6) is 0 Å². The van der Waals surface area contributed by atoms with Crippen molar-refractivity contribution in [2.45, 2.75) is 28.8 Å². The second-order valence-electron chi connectivity index (χ2n) is 14.9. The molecule has 0 spiro atoms. The zero-order valence-electron chi connectivity index (χ0n) is 33.2. The summed E-state index contributed by atoms with van der Waals surface area (Å²) in [7, 11) is -0.672. The van der Waals surface area contributed by atoms with Gasteiger partial charge in [0, 0.05) is 66.7 Å². The van der Waals surface area contributed by atoms with Crippen LogP contribution in [-0.2, 0) is 16.6 Å². The van der Waals surface area contributed by atoms with Crippen LogP contribution < -0.4 is 14.9 Å². The third-order valence-electron chi connectivity index (χ3n) is 10.5. The van der Waals surface area contributed by atoms with E-state index in [1.54, 1.807) is 23.9 Å². The van der Waals surface area contributed by atoms with Crippen LogP contribution in [0.3, 0.4) is 0 Å². The Kier molecular flexibility index (Phi) is 13.3. The molecule has 6 aromatic carbocycles. The largest absolute Gasteiger partial charge is 0.375 e. The lowest BCUT2D eigenvalue weighted by molar-refractivity contribution is -0.384. The van der Waals surface area contributed by atoms with E-state index in [0.29, 0.717) is 18.7 Å². The SMILES string of the molecule is CN(C)CC[C@H](CSc1ccccc1)Nc1c([N+](=O)[O-])cccc1S(=O)(=O)NC(=O)c1ccc(N2CCN(Cc3ccccc3-c3cccc4ccccc34)CC2)cc1. The molecule has 1 amide bonds. The van der Waals surface area contributed by atoms with Crippen molar-refractivity contribution < 1.29 is 18.1 Å². The van der Waals surface area contributed by atoms with Crippen molar-refractivity contribution >= 4 is 55.5 Å². The average Bonchev–Trinajstić information content (AvgIpc) is 3.25. The Labute approximate surface area is 350 Å². The standard InChI is InChI=1S/C46H48N6O5S2/c1-49(2)27-26-37(33-58-39-15-4-3-5-16-39)47-45-43(52(54)55)20-11-21-44(45)59(56,57)48-46(53)35-22-24-38(25-23-35)51-30-28-50(29-31-51)32-36-13-7-9-18-41(36)42-19-10-14-34-12-6-8-17-40(34)42/h3-25,37,47H,26-33H2,1-2H3,(H,48,53)/t37-/m1/s1. The number of nitrogens with zero attached hydrogens (tertiary/aromatic N) is 4. The summed E-state index contributed by atoms with van der Waals surface area (Å²) in [4.78, 5) is 32.4. The fraction of sp³-hybridized carbons (Fsp3) is 0.239. The fourth-order valence-electron chi connectivity index (χ4n) is 7.42. The minimum Gasteiger partial charge on any atom is -0.375 e. The molecule has 0 unspecified atom stereocenters. The Morgan fingerprint density at radius 2 is 1.46 bits per heavy atom. The predicted octanol–water partition coefficient (Wildman–Crippen LogP) is 8.38. The second kappa shape index (κ2) is 18.9. The number of sulfonamides is 1. The molecule has 1 atom stereocenters. The molecule has 0 radical (unpaired) electrons. The minimum absolute atomic E-state index is 0.151. The quantitative estimate of drug-likeness (QED) is 0.0558. The first-order valence-electron chi connectivity index (χ1n) is 19.6. The molecule has 13 heteroatoms. The van der Waals surface area contributed by atoms with E-state index in [9.17, 15) is 23.3 Å². The summed E-state index contributed by atoms with van der Waals surface area (Å²) in [6.07, 6.45) is 0.589. The van der Waals surface area contributed by atoms with E-state index in [1.165, 1.54) is 45.7 Å². The van der Waals surface area contributed by atoms with Gasteiger partial charge in [-0.2, -0.15) is 0 Å². The van der Waals surface area contributed by atoms with Gasteiger partial charge in [-0.15, -0.1) is 11.8 Å². The highest BCUT2D eigenvalue weighted by atomic mass is 32.2. The van der Waals surface area contributed by atoms with Crippen LogP contribution in [0.25, 0.3) is 21.9 Å². The summed E-state index contributed by atoms with van der Waals surface area (Å²) in [6.45, 7) is 4.78. The summed E-state index contributed by atoms with van der Waals surface area (Å²) in [5.74, 6) is -0.302. The number of piperazine rings is 1. The monoisotopic (exact) mass is 828 g/mol. The van der Waals surface area contributed by atoms with Crippen LogP contribution in [0.2, 0.25) is 0 Å². The number of rotatable bonds is 16. The summed E-state index contributed by atoms with van der Waals surface area (Å²) < 4.78 is 29.9. The van der Waals surface area contributed by atoms with Crippen molar-refractivity contribution in [2.24, 2.45) is 0 Å². The van der Waals surface area contributed by atoms with Gasteiger partial charge in [-0.3, -0.25) is 19.8 Å². The van der Waals surface area contributed by atoms with Crippen molar-refractivity contribution in [3.05, 3.63) is 161 Å². The number of carbonyl (C=O) groups excluding carboxylic acids is 1. The van der Waals surface area contributed by atoms with Gasteiger partial charge in [0.2, 0.25) is 0 Å². The number of nitrogens with one attached hydrogen (secondary N) is 2. The van der Waals surface area contributed by atoms with E-state index in [4.69, 9.17) is 0 Å². The Balaban J connectivity index is 1.00. The van der Waals surface area contributed by atoms with E-state index in [-0.39, 0.29) is 22.2 Å². The molecule has 1 heterocycles. The van der Waals surface area contributed by atoms with E-state index >= 15 is 0 Å². The van der Waals surface area contributed by atoms with Gasteiger partial charge >= 0.3 is 0 Å². The molecule has 59 heavy (non-hydrogen) atoms. The average molecular weight is 829 g/mol. The first kappa shape index (κ1) is 41.4. The predicted molar refractivity (Wildman–Crippen MR) is 239 cm³/mol. The number of carbonyl (C=O) groups is 1. The number of benzene rings is 6. The third-order valence-corrected chi connectivity index (χ3v) is 13.1. The number of para-hydroxylation sites is 1. The maximum atomic E-state index is 13.9. The Morgan fingerprint density at radius 1 is 0.797 bits per heavy atom. The summed E-state index contributed by atoms with van der Waals surface area (Å²) >= 11 is 1.57. The number of hydrogen-bond donors (Lipinski definition) is 2. The molecule has 1 aliphatic heterocycles. The number of hydrogen-bond acceptors (Lipinski definition) is 10. The number of nitro benzene ring substituents is 1. The highest BCUT2D eigenvalue weighted by molar-refractivity contribution is 7.99. The van der Waals surface area contributed by atoms with Crippen LogP contribution in [0.15, 0.2) is 149 Å². The number of fused-ring (bicyclic) bond motifs is 1. The molecular formula is C46H48N6O5S2. The minimum atomic E-state index is -4.53. The van der Waals surface area contributed by atoms with Crippen LogP contribution in [0, 0.1) is 10.1 Å². The zero-order chi connectivity index (χ0) is 41.4. The molecule has 0 aromatic heterocycles.